The minimum absolute atomic E-state index is 0.0107. The first-order valence-electron chi connectivity index (χ1n) is 10.1. The van der Waals surface area contributed by atoms with Gasteiger partial charge >= 0.3 is 0 Å². The van der Waals surface area contributed by atoms with Gasteiger partial charge in [-0.25, -0.2) is 21.5 Å². The number of primary amides is 1. The number of hydrogen-bond acceptors (Lipinski definition) is 6. The lowest BCUT2D eigenvalue weighted by Gasteiger charge is -2.32. The molecule has 0 aromatic heterocycles. The molecule has 1 amide bonds. The van der Waals surface area contributed by atoms with E-state index in [9.17, 15) is 22.0 Å². The number of halogens is 3. The van der Waals surface area contributed by atoms with Crippen LogP contribution in [0.3, 0.4) is 0 Å². The third kappa shape index (κ3) is 5.91. The minimum atomic E-state index is -3.96. The SMILES string of the molecule is CN(C)S(=O)(=O)C(Oc1cc(F)cc(Nc2ccc(I)cc2F)c1C(N)=O)C1CCCNC1. The Morgan fingerprint density at radius 1 is 1.27 bits per heavy atom. The van der Waals surface area contributed by atoms with Crippen LogP contribution < -0.4 is 21.1 Å². The summed E-state index contributed by atoms with van der Waals surface area (Å²) in [5.41, 5.74) is 3.74. The summed E-state index contributed by atoms with van der Waals surface area (Å²) < 4.78 is 62.5. The summed E-state index contributed by atoms with van der Waals surface area (Å²) in [7, 11) is -1.22. The van der Waals surface area contributed by atoms with E-state index < -0.39 is 38.9 Å². The van der Waals surface area contributed by atoms with Crippen molar-refractivity contribution in [2.24, 2.45) is 11.7 Å². The van der Waals surface area contributed by atoms with Crippen molar-refractivity contribution in [3.05, 3.63) is 51.1 Å². The van der Waals surface area contributed by atoms with Gasteiger partial charge < -0.3 is 21.1 Å². The molecule has 1 saturated heterocycles. The number of benzene rings is 2. The Hall–Kier alpha value is -2.03. The predicted octanol–water partition coefficient (Wildman–Crippen LogP) is 3.01. The molecular formula is C21H25F2IN4O4S. The van der Waals surface area contributed by atoms with E-state index >= 15 is 0 Å². The number of carbonyl (C=O) groups is 1. The second-order valence-electron chi connectivity index (χ2n) is 7.86. The molecule has 2 aromatic carbocycles. The number of piperidine rings is 1. The number of hydrogen-bond donors (Lipinski definition) is 3. The molecule has 8 nitrogen and oxygen atoms in total. The fourth-order valence-electron chi connectivity index (χ4n) is 3.61. The molecule has 0 saturated carbocycles. The topological polar surface area (TPSA) is 114 Å². The Labute approximate surface area is 205 Å². The summed E-state index contributed by atoms with van der Waals surface area (Å²) in [6.45, 7) is 1.12. The van der Waals surface area contributed by atoms with E-state index in [0.717, 1.165) is 29.4 Å². The summed E-state index contributed by atoms with van der Waals surface area (Å²) in [5, 5.41) is 5.81. The first-order valence-corrected chi connectivity index (χ1v) is 12.7. The Bertz CT molecular complexity index is 1140. The van der Waals surface area contributed by atoms with Crippen LogP contribution in [-0.2, 0) is 10.0 Å². The van der Waals surface area contributed by atoms with Crippen molar-refractivity contribution < 1.29 is 26.7 Å². The van der Waals surface area contributed by atoms with Crippen molar-refractivity contribution in [3.8, 4) is 5.75 Å². The van der Waals surface area contributed by atoms with Crippen LogP contribution in [-0.4, -0.2) is 51.3 Å². The molecule has 0 spiro atoms. The molecule has 0 aliphatic carbocycles. The number of nitrogens with zero attached hydrogens (tertiary/aromatic N) is 1. The normalized spacial score (nSPS) is 17.6. The van der Waals surface area contributed by atoms with Crippen molar-refractivity contribution in [2.45, 2.75) is 18.3 Å². The van der Waals surface area contributed by atoms with E-state index in [-0.39, 0.29) is 22.7 Å². The molecule has 4 N–H and O–H groups in total. The molecule has 3 rings (SSSR count). The Morgan fingerprint density at radius 3 is 2.58 bits per heavy atom. The van der Waals surface area contributed by atoms with Crippen molar-refractivity contribution in [3.63, 3.8) is 0 Å². The summed E-state index contributed by atoms with van der Waals surface area (Å²) in [6.07, 6.45) is 1.29. The van der Waals surface area contributed by atoms with E-state index in [0.29, 0.717) is 16.5 Å². The molecule has 1 fully saturated rings. The second-order valence-corrected chi connectivity index (χ2v) is 11.3. The van der Waals surface area contributed by atoms with Crippen molar-refractivity contribution in [2.75, 3.05) is 32.5 Å². The van der Waals surface area contributed by atoms with Crippen LogP contribution in [0.5, 0.6) is 5.75 Å². The number of nitrogens with one attached hydrogen (secondary N) is 2. The van der Waals surface area contributed by atoms with Gasteiger partial charge in [-0.15, -0.1) is 0 Å². The predicted molar refractivity (Wildman–Crippen MR) is 130 cm³/mol. The van der Waals surface area contributed by atoms with E-state index in [4.69, 9.17) is 10.5 Å². The number of ether oxygens (including phenoxy) is 1. The number of amides is 1. The smallest absolute Gasteiger partial charge is 0.254 e. The summed E-state index contributed by atoms with van der Waals surface area (Å²) in [4.78, 5) is 12.3. The van der Waals surface area contributed by atoms with Crippen LogP contribution in [0, 0.1) is 21.1 Å². The fourth-order valence-corrected chi connectivity index (χ4v) is 5.42. The summed E-state index contributed by atoms with van der Waals surface area (Å²) in [6, 6.07) is 6.20. The zero-order valence-electron chi connectivity index (χ0n) is 18.1. The highest BCUT2D eigenvalue weighted by atomic mass is 127. The quantitative estimate of drug-likeness (QED) is 0.406. The van der Waals surface area contributed by atoms with Gasteiger partial charge in [-0.2, -0.15) is 0 Å². The highest BCUT2D eigenvalue weighted by molar-refractivity contribution is 14.1. The maximum atomic E-state index is 14.5. The van der Waals surface area contributed by atoms with Gasteiger partial charge in [-0.3, -0.25) is 4.79 Å². The summed E-state index contributed by atoms with van der Waals surface area (Å²) >= 11 is 1.94. The van der Waals surface area contributed by atoms with Gasteiger partial charge in [-0.1, -0.05) is 0 Å². The largest absolute Gasteiger partial charge is 0.472 e. The average molecular weight is 594 g/mol. The Morgan fingerprint density at radius 2 is 2.00 bits per heavy atom. The zero-order chi connectivity index (χ0) is 24.3. The van der Waals surface area contributed by atoms with E-state index in [1.54, 1.807) is 6.07 Å². The highest BCUT2D eigenvalue weighted by Gasteiger charge is 2.39. The average Bonchev–Trinajstić information content (AvgIpc) is 2.73. The maximum Gasteiger partial charge on any atom is 0.254 e. The van der Waals surface area contributed by atoms with E-state index in [1.165, 1.54) is 26.2 Å². The van der Waals surface area contributed by atoms with E-state index in [2.05, 4.69) is 10.6 Å². The van der Waals surface area contributed by atoms with Gasteiger partial charge in [0.25, 0.3) is 15.9 Å². The molecule has 0 radical (unpaired) electrons. The molecule has 33 heavy (non-hydrogen) atoms. The second kappa shape index (κ2) is 10.5. The van der Waals surface area contributed by atoms with Gasteiger partial charge in [0.1, 0.15) is 22.9 Å². The monoisotopic (exact) mass is 594 g/mol. The van der Waals surface area contributed by atoms with E-state index in [1.807, 2.05) is 22.6 Å². The van der Waals surface area contributed by atoms with Gasteiger partial charge in [0.2, 0.25) is 5.44 Å². The third-order valence-electron chi connectivity index (χ3n) is 5.28. The molecular weight excluding hydrogens is 569 g/mol. The molecule has 180 valence electrons. The van der Waals surface area contributed by atoms with Gasteiger partial charge in [0.05, 0.1) is 11.4 Å². The first-order chi connectivity index (χ1) is 15.5. The van der Waals surface area contributed by atoms with Crippen molar-refractivity contribution >= 4 is 49.9 Å². The lowest BCUT2D eigenvalue weighted by Crippen LogP contribution is -2.47. The van der Waals surface area contributed by atoms with Crippen molar-refractivity contribution in [1.29, 1.82) is 0 Å². The van der Waals surface area contributed by atoms with Crippen LogP contribution >= 0.6 is 22.6 Å². The number of carbonyl (C=O) groups excluding carboxylic acids is 1. The zero-order valence-corrected chi connectivity index (χ0v) is 21.0. The van der Waals surface area contributed by atoms with Crippen LogP contribution in [0.25, 0.3) is 0 Å². The van der Waals surface area contributed by atoms with Crippen molar-refractivity contribution in [1.82, 2.24) is 9.62 Å². The fraction of sp³-hybridized carbons (Fsp3) is 0.381. The molecule has 1 aliphatic heterocycles. The lowest BCUT2D eigenvalue weighted by atomic mass is 10.0. The highest BCUT2D eigenvalue weighted by Crippen LogP contribution is 2.34. The lowest BCUT2D eigenvalue weighted by molar-refractivity contribution is 0.0992. The first kappa shape index (κ1) is 25.6. The molecule has 2 unspecified atom stereocenters. The molecule has 2 aromatic rings. The third-order valence-corrected chi connectivity index (χ3v) is 8.04. The number of rotatable bonds is 8. The Kier molecular flexibility index (Phi) is 8.13. The maximum absolute atomic E-state index is 14.5. The van der Waals surface area contributed by atoms with Crippen LogP contribution in [0.15, 0.2) is 30.3 Å². The standard InChI is InChI=1S/C21H25F2IN4O4S/c1-28(2)33(30,31)21(12-4-3-7-26-11-12)32-18-9-13(22)8-17(19(18)20(25)29)27-16-6-5-14(24)10-15(16)23/h5-6,8-10,12,21,26-27H,3-4,7,11H2,1-2H3,(H2,25,29). The van der Waals surface area contributed by atoms with Crippen LogP contribution in [0.1, 0.15) is 23.2 Å². The number of sulfonamides is 1. The van der Waals surface area contributed by atoms with Gasteiger partial charge in [-0.05, 0) is 66.2 Å². The summed E-state index contributed by atoms with van der Waals surface area (Å²) in [5.74, 6) is -3.20. The molecule has 1 heterocycles. The number of nitrogens with two attached hydrogens (primary N) is 1. The van der Waals surface area contributed by atoms with Crippen LogP contribution in [0.2, 0.25) is 0 Å². The molecule has 2 atom stereocenters. The molecule has 0 bridgehead atoms. The molecule has 12 heteroatoms. The van der Waals surface area contributed by atoms with Gasteiger partial charge in [0, 0.05) is 36.2 Å². The Balaban J connectivity index is 2.07. The van der Waals surface area contributed by atoms with Gasteiger partial charge in [0.15, 0.2) is 0 Å². The van der Waals surface area contributed by atoms with Crippen LogP contribution in [0.4, 0.5) is 20.2 Å². The minimum Gasteiger partial charge on any atom is -0.472 e. The number of anilines is 2. The molecule has 1 aliphatic rings.